The van der Waals surface area contributed by atoms with Crippen LogP contribution in [0.2, 0.25) is 0 Å². The third-order valence-electron chi connectivity index (χ3n) is 3.61. The van der Waals surface area contributed by atoms with Crippen molar-refractivity contribution in [1.29, 1.82) is 0 Å². The van der Waals surface area contributed by atoms with Crippen LogP contribution in [0.3, 0.4) is 0 Å². The summed E-state index contributed by atoms with van der Waals surface area (Å²) in [5.74, 6) is -0.701. The minimum atomic E-state index is -4.52. The Morgan fingerprint density at radius 2 is 1.77 bits per heavy atom. The second-order valence-corrected chi connectivity index (χ2v) is 7.20. The van der Waals surface area contributed by atoms with Crippen LogP contribution in [-0.2, 0) is 20.9 Å². The van der Waals surface area contributed by atoms with Gasteiger partial charge in [-0.3, -0.25) is 0 Å². The van der Waals surface area contributed by atoms with Crippen molar-refractivity contribution in [3.63, 3.8) is 0 Å². The Hall–Kier alpha value is -2.39. The van der Waals surface area contributed by atoms with Gasteiger partial charge in [-0.05, 0) is 42.8 Å². The van der Waals surface area contributed by atoms with E-state index in [1.165, 1.54) is 37.3 Å². The zero-order chi connectivity index (χ0) is 19.5. The van der Waals surface area contributed by atoms with Crippen LogP contribution in [0, 0.1) is 0 Å². The molecule has 2 rings (SSSR count). The molecule has 0 saturated carbocycles. The van der Waals surface area contributed by atoms with Gasteiger partial charge in [0.25, 0.3) is 0 Å². The first-order valence-corrected chi connectivity index (χ1v) is 8.91. The van der Waals surface area contributed by atoms with E-state index in [1.54, 1.807) is 0 Å². The lowest BCUT2D eigenvalue weighted by atomic mass is 10.1. The highest BCUT2D eigenvalue weighted by atomic mass is 32.2. The molecule has 0 fully saturated rings. The standard InChI is InChI=1S/C17H16F3NO4S/c1-11(12-5-3-7-14(9-12)17(18,19)20)21-26(23,24)15-8-4-6-13(10-15)16(22)25-2/h3-11,21H,1-2H3. The molecule has 140 valence electrons. The Kier molecular flexibility index (Phi) is 5.72. The molecule has 5 nitrogen and oxygen atoms in total. The van der Waals surface area contributed by atoms with Crippen molar-refractivity contribution in [2.45, 2.75) is 24.0 Å². The van der Waals surface area contributed by atoms with Crippen LogP contribution in [0.4, 0.5) is 13.2 Å². The fourth-order valence-electron chi connectivity index (χ4n) is 2.26. The molecule has 2 aromatic carbocycles. The van der Waals surface area contributed by atoms with E-state index in [4.69, 9.17) is 0 Å². The Bertz CT molecular complexity index is 910. The van der Waals surface area contributed by atoms with Crippen molar-refractivity contribution >= 4 is 16.0 Å². The molecule has 0 saturated heterocycles. The van der Waals surface area contributed by atoms with Crippen molar-refractivity contribution < 1.29 is 31.1 Å². The topological polar surface area (TPSA) is 72.5 Å². The number of halogens is 3. The summed E-state index contributed by atoms with van der Waals surface area (Å²) >= 11 is 0. The number of ether oxygens (including phenoxy) is 1. The molecule has 0 aliphatic heterocycles. The van der Waals surface area contributed by atoms with Crippen molar-refractivity contribution in [3.8, 4) is 0 Å². The maximum Gasteiger partial charge on any atom is 0.416 e. The predicted octanol–water partition coefficient (Wildman–Crippen LogP) is 3.53. The zero-order valence-corrected chi connectivity index (χ0v) is 14.7. The van der Waals surface area contributed by atoms with E-state index < -0.39 is 33.8 Å². The number of alkyl halides is 3. The van der Waals surface area contributed by atoms with Crippen LogP contribution >= 0.6 is 0 Å². The van der Waals surface area contributed by atoms with Crippen molar-refractivity contribution in [3.05, 3.63) is 65.2 Å². The average Bonchev–Trinajstić information content (AvgIpc) is 2.60. The molecule has 0 spiro atoms. The monoisotopic (exact) mass is 387 g/mol. The highest BCUT2D eigenvalue weighted by Crippen LogP contribution is 2.31. The number of carbonyl (C=O) groups excluding carboxylic acids is 1. The fraction of sp³-hybridized carbons (Fsp3) is 0.235. The summed E-state index contributed by atoms with van der Waals surface area (Å²) < 4.78 is 70.2. The molecule has 1 unspecified atom stereocenters. The number of nitrogens with one attached hydrogen (secondary N) is 1. The number of methoxy groups -OCH3 is 1. The number of hydrogen-bond acceptors (Lipinski definition) is 4. The lowest BCUT2D eigenvalue weighted by molar-refractivity contribution is -0.137. The van der Waals surface area contributed by atoms with Gasteiger partial charge in [-0.25, -0.2) is 17.9 Å². The van der Waals surface area contributed by atoms with Crippen LogP contribution < -0.4 is 4.72 Å². The molecule has 1 atom stereocenters. The SMILES string of the molecule is COC(=O)c1cccc(S(=O)(=O)NC(C)c2cccc(C(F)(F)F)c2)c1. The van der Waals surface area contributed by atoms with Gasteiger partial charge >= 0.3 is 12.1 Å². The van der Waals surface area contributed by atoms with Crippen LogP contribution in [0.15, 0.2) is 53.4 Å². The van der Waals surface area contributed by atoms with Crippen LogP contribution in [0.5, 0.6) is 0 Å². The van der Waals surface area contributed by atoms with E-state index >= 15 is 0 Å². The summed E-state index contributed by atoms with van der Waals surface area (Å²) in [5, 5.41) is 0. The van der Waals surface area contributed by atoms with Gasteiger partial charge in [0.05, 0.1) is 23.1 Å². The van der Waals surface area contributed by atoms with Crippen molar-refractivity contribution in [2.24, 2.45) is 0 Å². The average molecular weight is 387 g/mol. The minimum Gasteiger partial charge on any atom is -0.465 e. The normalized spacial score (nSPS) is 13.3. The van der Waals surface area contributed by atoms with Gasteiger partial charge in [-0.1, -0.05) is 18.2 Å². The summed E-state index contributed by atoms with van der Waals surface area (Å²) in [7, 11) is -2.90. The molecule has 0 aliphatic carbocycles. The lowest BCUT2D eigenvalue weighted by Crippen LogP contribution is -2.27. The molecule has 26 heavy (non-hydrogen) atoms. The number of esters is 1. The first kappa shape index (κ1) is 19.9. The Morgan fingerprint density at radius 3 is 2.38 bits per heavy atom. The molecule has 9 heteroatoms. The van der Waals surface area contributed by atoms with Gasteiger partial charge < -0.3 is 4.74 Å². The van der Waals surface area contributed by atoms with Gasteiger partial charge in [0.15, 0.2) is 0 Å². The first-order chi connectivity index (χ1) is 12.0. The molecule has 0 bridgehead atoms. The van der Waals surface area contributed by atoms with Gasteiger partial charge in [-0.15, -0.1) is 0 Å². The van der Waals surface area contributed by atoms with Gasteiger partial charge in [-0.2, -0.15) is 13.2 Å². The molecular weight excluding hydrogens is 371 g/mol. The molecule has 1 N–H and O–H groups in total. The summed E-state index contributed by atoms with van der Waals surface area (Å²) in [6, 6.07) is 8.65. The highest BCUT2D eigenvalue weighted by Gasteiger charge is 2.31. The van der Waals surface area contributed by atoms with Gasteiger partial charge in [0, 0.05) is 6.04 Å². The van der Waals surface area contributed by atoms with Crippen LogP contribution in [0.25, 0.3) is 0 Å². The Morgan fingerprint density at radius 1 is 1.12 bits per heavy atom. The molecule has 2 aromatic rings. The fourth-order valence-corrected chi connectivity index (χ4v) is 3.54. The molecule has 0 amide bonds. The van der Waals surface area contributed by atoms with E-state index in [-0.39, 0.29) is 16.0 Å². The Balaban J connectivity index is 2.28. The lowest BCUT2D eigenvalue weighted by Gasteiger charge is -2.16. The summed E-state index contributed by atoms with van der Waals surface area (Å²) in [6.45, 7) is 1.43. The minimum absolute atomic E-state index is 0.0436. The van der Waals surface area contributed by atoms with E-state index in [2.05, 4.69) is 9.46 Å². The van der Waals surface area contributed by atoms with Crippen molar-refractivity contribution in [1.82, 2.24) is 4.72 Å². The van der Waals surface area contributed by atoms with E-state index in [0.717, 1.165) is 25.3 Å². The van der Waals surface area contributed by atoms with Crippen LogP contribution in [0.1, 0.15) is 34.5 Å². The quantitative estimate of drug-likeness (QED) is 0.797. The van der Waals surface area contributed by atoms with Crippen LogP contribution in [-0.4, -0.2) is 21.5 Å². The van der Waals surface area contributed by atoms with E-state index in [9.17, 15) is 26.4 Å². The largest absolute Gasteiger partial charge is 0.465 e. The highest BCUT2D eigenvalue weighted by molar-refractivity contribution is 7.89. The summed E-state index contributed by atoms with van der Waals surface area (Å²) in [6.07, 6.45) is -4.52. The predicted molar refractivity (Wildman–Crippen MR) is 88.0 cm³/mol. The van der Waals surface area contributed by atoms with Gasteiger partial charge in [0.1, 0.15) is 0 Å². The summed E-state index contributed by atoms with van der Waals surface area (Å²) in [4.78, 5) is 11.3. The van der Waals surface area contributed by atoms with Gasteiger partial charge in [0.2, 0.25) is 10.0 Å². The second-order valence-electron chi connectivity index (χ2n) is 5.49. The molecule has 0 aromatic heterocycles. The molecular formula is C17H16F3NO4S. The Labute approximate surface area is 148 Å². The third kappa shape index (κ3) is 4.61. The smallest absolute Gasteiger partial charge is 0.416 e. The van der Waals surface area contributed by atoms with E-state index in [0.29, 0.717) is 0 Å². The number of rotatable bonds is 5. The first-order valence-electron chi connectivity index (χ1n) is 7.42. The zero-order valence-electron chi connectivity index (χ0n) is 13.9. The molecule has 0 heterocycles. The maximum atomic E-state index is 12.8. The number of carbonyl (C=O) groups is 1. The molecule has 0 radical (unpaired) electrons. The van der Waals surface area contributed by atoms with E-state index in [1.807, 2.05) is 0 Å². The second kappa shape index (κ2) is 7.46. The maximum absolute atomic E-state index is 12.8. The number of hydrogen-bond donors (Lipinski definition) is 1. The third-order valence-corrected chi connectivity index (χ3v) is 5.15. The summed E-state index contributed by atoms with van der Waals surface area (Å²) in [5.41, 5.74) is -0.664. The number of sulfonamides is 1. The van der Waals surface area contributed by atoms with Crippen molar-refractivity contribution in [2.75, 3.05) is 7.11 Å². The molecule has 0 aliphatic rings. The number of benzene rings is 2.